The number of morpholine rings is 1. The van der Waals surface area contributed by atoms with E-state index in [1.807, 2.05) is 0 Å². The first kappa shape index (κ1) is 21.5. The van der Waals surface area contributed by atoms with Gasteiger partial charge in [-0.15, -0.1) is 0 Å². The van der Waals surface area contributed by atoms with Crippen molar-refractivity contribution < 1.29 is 27.5 Å². The largest absolute Gasteiger partial charge is 0.370 e. The Morgan fingerprint density at radius 2 is 2.14 bits per heavy atom. The molecule has 1 aromatic carbocycles. The molecule has 7 nitrogen and oxygen atoms in total. The van der Waals surface area contributed by atoms with Gasteiger partial charge in [-0.25, -0.2) is 13.2 Å². The minimum Gasteiger partial charge on any atom is -0.370 e. The minimum atomic E-state index is -2.60. The van der Waals surface area contributed by atoms with Crippen molar-refractivity contribution in [3.05, 3.63) is 24.0 Å². The Bertz CT molecular complexity index is 745. The molecule has 1 aliphatic carbocycles. The summed E-state index contributed by atoms with van der Waals surface area (Å²) >= 11 is 0. The molecule has 0 bridgehead atoms. The molecular formula is C19H25F3N4O3. The molecule has 2 amide bonds. The second-order valence-corrected chi connectivity index (χ2v) is 7.18. The number of hydrogen-bond donors (Lipinski definition) is 2. The molecule has 2 aliphatic rings. The highest BCUT2D eigenvalue weighted by Crippen LogP contribution is 2.28. The third-order valence-electron chi connectivity index (χ3n) is 5.33. The second kappa shape index (κ2) is 9.55. The molecule has 29 heavy (non-hydrogen) atoms. The first-order valence-electron chi connectivity index (χ1n) is 9.63. The summed E-state index contributed by atoms with van der Waals surface area (Å²) in [6, 6.07) is 2.91. The number of anilines is 2. The maximum absolute atomic E-state index is 14.6. The molecule has 0 radical (unpaired) electrons. The van der Waals surface area contributed by atoms with Gasteiger partial charge in [-0.05, 0) is 31.0 Å². The van der Waals surface area contributed by atoms with Crippen LogP contribution in [0.25, 0.3) is 0 Å². The number of alkyl halides is 2. The Morgan fingerprint density at radius 3 is 2.69 bits per heavy atom. The van der Waals surface area contributed by atoms with E-state index in [1.165, 1.54) is 21.9 Å². The SMILES string of the molecule is NC[C@@H](C(=O)Nc1ccc(N2CCOCC2=O)cc1F)N(CC(F)F)C1CCC1. The summed E-state index contributed by atoms with van der Waals surface area (Å²) in [5.74, 6) is -1.64. The van der Waals surface area contributed by atoms with Crippen LogP contribution in [0, 0.1) is 5.82 Å². The van der Waals surface area contributed by atoms with E-state index in [0.717, 1.165) is 25.3 Å². The van der Waals surface area contributed by atoms with Crippen LogP contribution in [0.4, 0.5) is 24.5 Å². The number of benzene rings is 1. The fourth-order valence-corrected chi connectivity index (χ4v) is 3.58. The average Bonchev–Trinajstić information content (AvgIpc) is 2.62. The van der Waals surface area contributed by atoms with Crippen LogP contribution < -0.4 is 16.0 Å². The van der Waals surface area contributed by atoms with Gasteiger partial charge in [-0.1, -0.05) is 6.42 Å². The monoisotopic (exact) mass is 414 g/mol. The van der Waals surface area contributed by atoms with Gasteiger partial charge in [0.15, 0.2) is 0 Å². The Hall–Kier alpha value is -2.17. The van der Waals surface area contributed by atoms with E-state index in [-0.39, 0.29) is 30.8 Å². The van der Waals surface area contributed by atoms with Gasteiger partial charge in [0.1, 0.15) is 18.5 Å². The van der Waals surface area contributed by atoms with Gasteiger partial charge in [-0.2, -0.15) is 0 Å². The normalized spacial score (nSPS) is 18.8. The number of nitrogens with one attached hydrogen (secondary N) is 1. The third kappa shape index (κ3) is 5.06. The van der Waals surface area contributed by atoms with Gasteiger partial charge >= 0.3 is 0 Å². The fourth-order valence-electron chi connectivity index (χ4n) is 3.58. The number of rotatable bonds is 8. The molecule has 1 heterocycles. The topological polar surface area (TPSA) is 87.9 Å². The van der Waals surface area contributed by atoms with Crippen molar-refractivity contribution >= 4 is 23.2 Å². The summed E-state index contributed by atoms with van der Waals surface area (Å²) < 4.78 is 45.6. The molecule has 10 heteroatoms. The average molecular weight is 414 g/mol. The molecular weight excluding hydrogens is 389 g/mol. The van der Waals surface area contributed by atoms with E-state index in [2.05, 4.69) is 5.32 Å². The first-order valence-corrected chi connectivity index (χ1v) is 9.63. The van der Waals surface area contributed by atoms with Gasteiger partial charge < -0.3 is 20.7 Å². The first-order chi connectivity index (χ1) is 13.9. The molecule has 1 saturated heterocycles. The fraction of sp³-hybridized carbons (Fsp3) is 0.579. The second-order valence-electron chi connectivity index (χ2n) is 7.18. The number of carbonyl (C=O) groups excluding carboxylic acids is 2. The van der Waals surface area contributed by atoms with E-state index in [1.54, 1.807) is 0 Å². The molecule has 1 atom stereocenters. The van der Waals surface area contributed by atoms with Crippen molar-refractivity contribution in [1.29, 1.82) is 0 Å². The lowest BCUT2D eigenvalue weighted by Gasteiger charge is -2.41. The molecule has 1 aliphatic heterocycles. The Morgan fingerprint density at radius 1 is 1.38 bits per heavy atom. The minimum absolute atomic E-state index is 0.0700. The number of amides is 2. The molecule has 0 unspecified atom stereocenters. The molecule has 0 aromatic heterocycles. The van der Waals surface area contributed by atoms with Gasteiger partial charge in [0, 0.05) is 24.8 Å². The molecule has 3 rings (SSSR count). The van der Waals surface area contributed by atoms with Gasteiger partial charge in [-0.3, -0.25) is 14.5 Å². The quantitative estimate of drug-likeness (QED) is 0.674. The summed E-state index contributed by atoms with van der Waals surface area (Å²) in [5, 5.41) is 2.45. The van der Waals surface area contributed by atoms with E-state index >= 15 is 0 Å². The van der Waals surface area contributed by atoms with Crippen LogP contribution in [-0.2, 0) is 14.3 Å². The highest BCUT2D eigenvalue weighted by atomic mass is 19.3. The van der Waals surface area contributed by atoms with Crippen LogP contribution in [-0.4, -0.2) is 68.1 Å². The number of halogens is 3. The summed E-state index contributed by atoms with van der Waals surface area (Å²) in [5.41, 5.74) is 5.96. The van der Waals surface area contributed by atoms with Crippen molar-refractivity contribution in [2.45, 2.75) is 37.8 Å². The van der Waals surface area contributed by atoms with E-state index in [9.17, 15) is 22.8 Å². The van der Waals surface area contributed by atoms with Gasteiger partial charge in [0.05, 0.1) is 18.8 Å². The van der Waals surface area contributed by atoms with E-state index in [4.69, 9.17) is 10.5 Å². The highest BCUT2D eigenvalue weighted by Gasteiger charge is 2.35. The predicted molar refractivity (Wildman–Crippen MR) is 101 cm³/mol. The summed E-state index contributed by atoms with van der Waals surface area (Å²) in [7, 11) is 0. The molecule has 3 N–H and O–H groups in total. The van der Waals surface area contributed by atoms with Gasteiger partial charge in [0.25, 0.3) is 12.3 Å². The lowest BCUT2D eigenvalue weighted by Crippen LogP contribution is -2.56. The predicted octanol–water partition coefficient (Wildman–Crippen LogP) is 1.57. The zero-order chi connectivity index (χ0) is 21.0. The van der Waals surface area contributed by atoms with E-state index < -0.39 is 30.7 Å². The number of nitrogens with two attached hydrogens (primary N) is 1. The molecule has 0 spiro atoms. The Balaban J connectivity index is 1.71. The standard InChI is InChI=1S/C19H25F3N4O3/c20-14-8-13(25-6-7-29-11-18(25)27)4-5-15(14)24-19(28)16(9-23)26(10-17(21)22)12-2-1-3-12/h4-5,8,12,16-17H,1-3,6-7,9-11,23H2,(H,24,28)/t16-/m0/s1. The van der Waals surface area contributed by atoms with Crippen LogP contribution >= 0.6 is 0 Å². The maximum Gasteiger partial charge on any atom is 0.253 e. The van der Waals surface area contributed by atoms with Crippen molar-refractivity contribution in [3.63, 3.8) is 0 Å². The van der Waals surface area contributed by atoms with Crippen LogP contribution in [0.1, 0.15) is 19.3 Å². The van der Waals surface area contributed by atoms with E-state index in [0.29, 0.717) is 18.8 Å². The highest BCUT2D eigenvalue weighted by molar-refractivity contribution is 5.97. The molecule has 1 aromatic rings. The third-order valence-corrected chi connectivity index (χ3v) is 5.33. The summed E-state index contributed by atoms with van der Waals surface area (Å²) in [4.78, 5) is 27.4. The van der Waals surface area contributed by atoms with Gasteiger partial charge in [0.2, 0.25) is 5.91 Å². The van der Waals surface area contributed by atoms with Crippen molar-refractivity contribution in [1.82, 2.24) is 4.90 Å². The number of nitrogens with zero attached hydrogens (tertiary/aromatic N) is 2. The summed E-state index contributed by atoms with van der Waals surface area (Å²) in [6.45, 7) is -0.120. The maximum atomic E-state index is 14.6. The molecule has 160 valence electrons. The van der Waals surface area contributed by atoms with Crippen LogP contribution in [0.2, 0.25) is 0 Å². The summed E-state index contributed by atoms with van der Waals surface area (Å²) in [6.07, 6.45) is -0.223. The van der Waals surface area contributed by atoms with Crippen molar-refractivity contribution in [2.75, 3.05) is 43.1 Å². The van der Waals surface area contributed by atoms with Crippen LogP contribution in [0.5, 0.6) is 0 Å². The number of hydrogen-bond acceptors (Lipinski definition) is 5. The zero-order valence-corrected chi connectivity index (χ0v) is 16.0. The number of ether oxygens (including phenoxy) is 1. The van der Waals surface area contributed by atoms with Crippen LogP contribution in [0.3, 0.4) is 0 Å². The lowest BCUT2D eigenvalue weighted by atomic mass is 9.90. The molecule has 2 fully saturated rings. The molecule has 1 saturated carbocycles. The van der Waals surface area contributed by atoms with Crippen molar-refractivity contribution in [2.24, 2.45) is 5.73 Å². The Labute approximate surface area is 167 Å². The van der Waals surface area contributed by atoms with Crippen LogP contribution in [0.15, 0.2) is 18.2 Å². The lowest BCUT2D eigenvalue weighted by molar-refractivity contribution is -0.126. The van der Waals surface area contributed by atoms with Crippen molar-refractivity contribution in [3.8, 4) is 0 Å². The number of carbonyl (C=O) groups is 2. The zero-order valence-electron chi connectivity index (χ0n) is 16.0. The smallest absolute Gasteiger partial charge is 0.253 e. The Kier molecular flexibility index (Phi) is 7.09.